The smallest absolute Gasteiger partial charge is 0.126 e. The van der Waals surface area contributed by atoms with Gasteiger partial charge in [-0.2, -0.15) is 0 Å². The van der Waals surface area contributed by atoms with Crippen LogP contribution in [0, 0.1) is 12.7 Å². The number of hydrogen-bond donors (Lipinski definition) is 1. The average Bonchev–Trinajstić information content (AvgIpc) is 2.48. The van der Waals surface area contributed by atoms with E-state index in [1.807, 2.05) is 12.1 Å². The Morgan fingerprint density at radius 2 is 2.05 bits per heavy atom. The Morgan fingerprint density at radius 3 is 2.70 bits per heavy atom. The lowest BCUT2D eigenvalue weighted by Crippen LogP contribution is -2.46. The van der Waals surface area contributed by atoms with E-state index >= 15 is 0 Å². The minimum Gasteiger partial charge on any atom is -0.314 e. The van der Waals surface area contributed by atoms with Gasteiger partial charge in [-0.1, -0.05) is 12.1 Å². The van der Waals surface area contributed by atoms with Gasteiger partial charge in [-0.3, -0.25) is 9.80 Å². The molecule has 0 aromatic heterocycles. The number of benzene rings is 1. The van der Waals surface area contributed by atoms with Crippen molar-refractivity contribution in [3.63, 3.8) is 0 Å². The quantitative estimate of drug-likeness (QED) is 0.890. The lowest BCUT2D eigenvalue weighted by Gasteiger charge is -2.31. The standard InChI is InChI=1S/C16H26FN3/c1-13-4-5-15(12-16(13)17)14(2)19(3)10-11-20-8-6-18-7-9-20/h4-5,12,14,18H,6-11H2,1-3H3. The second-order valence-electron chi connectivity index (χ2n) is 5.76. The van der Waals surface area contributed by atoms with Crippen LogP contribution < -0.4 is 5.32 Å². The number of likely N-dealkylation sites (N-methyl/N-ethyl adjacent to an activating group) is 1. The molecule has 0 saturated carbocycles. The van der Waals surface area contributed by atoms with E-state index in [-0.39, 0.29) is 11.9 Å². The van der Waals surface area contributed by atoms with Crippen LogP contribution in [0.2, 0.25) is 0 Å². The van der Waals surface area contributed by atoms with E-state index in [1.54, 1.807) is 13.0 Å². The molecular weight excluding hydrogens is 253 g/mol. The van der Waals surface area contributed by atoms with Crippen LogP contribution in [0.25, 0.3) is 0 Å². The lowest BCUT2D eigenvalue weighted by molar-refractivity contribution is 0.183. The van der Waals surface area contributed by atoms with Crippen LogP contribution in [-0.4, -0.2) is 56.1 Å². The van der Waals surface area contributed by atoms with Crippen molar-refractivity contribution in [2.45, 2.75) is 19.9 Å². The van der Waals surface area contributed by atoms with Crippen LogP contribution in [0.3, 0.4) is 0 Å². The Kier molecular flexibility index (Phi) is 5.52. The molecule has 0 spiro atoms. The van der Waals surface area contributed by atoms with Gasteiger partial charge in [-0.05, 0) is 38.1 Å². The Morgan fingerprint density at radius 1 is 1.35 bits per heavy atom. The zero-order valence-electron chi connectivity index (χ0n) is 12.8. The Labute approximate surface area is 121 Å². The predicted molar refractivity (Wildman–Crippen MR) is 81.5 cm³/mol. The summed E-state index contributed by atoms with van der Waals surface area (Å²) in [5.74, 6) is -0.107. The van der Waals surface area contributed by atoms with Crippen molar-refractivity contribution >= 4 is 0 Å². The van der Waals surface area contributed by atoms with Gasteiger partial charge in [0.25, 0.3) is 0 Å². The predicted octanol–water partition coefficient (Wildman–Crippen LogP) is 2.03. The number of piperazine rings is 1. The van der Waals surface area contributed by atoms with E-state index in [2.05, 4.69) is 29.1 Å². The molecule has 1 aliphatic rings. The fourth-order valence-electron chi connectivity index (χ4n) is 2.55. The van der Waals surface area contributed by atoms with Crippen molar-refractivity contribution in [1.29, 1.82) is 0 Å². The van der Waals surface area contributed by atoms with Gasteiger partial charge < -0.3 is 5.32 Å². The minimum atomic E-state index is -0.107. The molecule has 1 aromatic carbocycles. The fraction of sp³-hybridized carbons (Fsp3) is 0.625. The normalized spacial score (nSPS) is 18.4. The molecule has 0 bridgehead atoms. The Bertz CT molecular complexity index is 430. The molecule has 1 unspecified atom stereocenters. The molecule has 4 heteroatoms. The van der Waals surface area contributed by atoms with Crippen molar-refractivity contribution in [1.82, 2.24) is 15.1 Å². The highest BCUT2D eigenvalue weighted by atomic mass is 19.1. The van der Waals surface area contributed by atoms with E-state index < -0.39 is 0 Å². The summed E-state index contributed by atoms with van der Waals surface area (Å²) in [6.07, 6.45) is 0. The third-order valence-corrected chi connectivity index (χ3v) is 4.32. The highest BCUT2D eigenvalue weighted by Gasteiger charge is 2.15. The van der Waals surface area contributed by atoms with Gasteiger partial charge in [0.05, 0.1) is 0 Å². The summed E-state index contributed by atoms with van der Waals surface area (Å²) < 4.78 is 13.6. The topological polar surface area (TPSA) is 18.5 Å². The zero-order chi connectivity index (χ0) is 14.5. The summed E-state index contributed by atoms with van der Waals surface area (Å²) in [4.78, 5) is 4.78. The molecule has 20 heavy (non-hydrogen) atoms. The molecule has 1 heterocycles. The third kappa shape index (κ3) is 4.01. The van der Waals surface area contributed by atoms with E-state index in [9.17, 15) is 4.39 Å². The largest absolute Gasteiger partial charge is 0.314 e. The number of rotatable bonds is 5. The maximum atomic E-state index is 13.6. The molecule has 0 radical (unpaired) electrons. The molecule has 3 nitrogen and oxygen atoms in total. The van der Waals surface area contributed by atoms with Crippen LogP contribution in [0.4, 0.5) is 4.39 Å². The van der Waals surface area contributed by atoms with E-state index in [0.717, 1.165) is 44.8 Å². The SMILES string of the molecule is Cc1ccc(C(C)N(C)CCN2CCNCC2)cc1F. The van der Waals surface area contributed by atoms with Gasteiger partial charge >= 0.3 is 0 Å². The van der Waals surface area contributed by atoms with Crippen molar-refractivity contribution in [2.75, 3.05) is 46.3 Å². The van der Waals surface area contributed by atoms with Crippen LogP contribution in [0.15, 0.2) is 18.2 Å². The molecule has 1 atom stereocenters. The van der Waals surface area contributed by atoms with Crippen LogP contribution in [0.1, 0.15) is 24.1 Å². The summed E-state index contributed by atoms with van der Waals surface area (Å²) in [7, 11) is 2.12. The number of aryl methyl sites for hydroxylation is 1. The lowest BCUT2D eigenvalue weighted by atomic mass is 10.1. The van der Waals surface area contributed by atoms with Crippen molar-refractivity contribution < 1.29 is 4.39 Å². The summed E-state index contributed by atoms with van der Waals surface area (Å²) in [6, 6.07) is 5.81. The molecule has 2 rings (SSSR count). The summed E-state index contributed by atoms with van der Waals surface area (Å²) in [6.45, 7) is 10.5. The first-order valence-corrected chi connectivity index (χ1v) is 7.47. The van der Waals surface area contributed by atoms with Gasteiger partial charge in [0, 0.05) is 45.3 Å². The summed E-state index contributed by atoms with van der Waals surface area (Å²) in [5.41, 5.74) is 1.76. The molecule has 112 valence electrons. The number of nitrogens with one attached hydrogen (secondary N) is 1. The number of halogens is 1. The fourth-order valence-corrected chi connectivity index (χ4v) is 2.55. The number of nitrogens with zero attached hydrogens (tertiary/aromatic N) is 2. The van der Waals surface area contributed by atoms with Gasteiger partial charge in [0.15, 0.2) is 0 Å². The minimum absolute atomic E-state index is 0.107. The van der Waals surface area contributed by atoms with Gasteiger partial charge in [0.2, 0.25) is 0 Å². The molecule has 1 N–H and O–H groups in total. The Balaban J connectivity index is 1.87. The third-order valence-electron chi connectivity index (χ3n) is 4.32. The zero-order valence-corrected chi connectivity index (χ0v) is 12.8. The summed E-state index contributed by atoms with van der Waals surface area (Å²) >= 11 is 0. The van der Waals surface area contributed by atoms with Crippen LogP contribution >= 0.6 is 0 Å². The maximum absolute atomic E-state index is 13.6. The van der Waals surface area contributed by atoms with Gasteiger partial charge in [-0.25, -0.2) is 4.39 Å². The van der Waals surface area contributed by atoms with Crippen molar-refractivity contribution in [3.05, 3.63) is 35.1 Å². The van der Waals surface area contributed by atoms with Crippen molar-refractivity contribution in [3.8, 4) is 0 Å². The van der Waals surface area contributed by atoms with E-state index in [0.29, 0.717) is 5.56 Å². The van der Waals surface area contributed by atoms with Crippen LogP contribution in [0.5, 0.6) is 0 Å². The highest BCUT2D eigenvalue weighted by Crippen LogP contribution is 2.20. The molecule has 1 fully saturated rings. The molecule has 0 aliphatic carbocycles. The molecule has 1 aliphatic heterocycles. The molecule has 1 aromatic rings. The Hall–Kier alpha value is -0.970. The first kappa shape index (κ1) is 15.4. The van der Waals surface area contributed by atoms with Crippen molar-refractivity contribution in [2.24, 2.45) is 0 Å². The number of hydrogen-bond acceptors (Lipinski definition) is 3. The maximum Gasteiger partial charge on any atom is 0.126 e. The van der Waals surface area contributed by atoms with E-state index in [1.165, 1.54) is 0 Å². The molecular formula is C16H26FN3. The van der Waals surface area contributed by atoms with E-state index in [4.69, 9.17) is 0 Å². The monoisotopic (exact) mass is 279 g/mol. The molecule has 1 saturated heterocycles. The highest BCUT2D eigenvalue weighted by molar-refractivity contribution is 5.25. The second-order valence-corrected chi connectivity index (χ2v) is 5.76. The van der Waals surface area contributed by atoms with Gasteiger partial charge in [-0.15, -0.1) is 0 Å². The average molecular weight is 279 g/mol. The second kappa shape index (κ2) is 7.16. The first-order chi connectivity index (χ1) is 9.58. The molecule has 0 amide bonds. The van der Waals surface area contributed by atoms with Gasteiger partial charge in [0.1, 0.15) is 5.82 Å². The summed E-state index contributed by atoms with van der Waals surface area (Å²) in [5, 5.41) is 3.37. The first-order valence-electron chi connectivity index (χ1n) is 7.47. The van der Waals surface area contributed by atoms with Crippen LogP contribution in [-0.2, 0) is 0 Å².